The van der Waals surface area contributed by atoms with Gasteiger partial charge in [-0.15, -0.1) is 0 Å². The standard InChI is InChI=1S/C23H24F2N6O4S/c24-14-10-15(25)12-17(11-14)36(33,34)31-7-3-20-19(13-31)22(30-29-20)28-23(32)18-2-1-6-26-21(18)27-16-4-8-35-9-5-16/h1-2,6,10-12,16H,3-5,7-9,13H2,(H,26,27)(H2,28,29,30,32). The van der Waals surface area contributed by atoms with Crippen LogP contribution < -0.4 is 10.6 Å². The summed E-state index contributed by atoms with van der Waals surface area (Å²) in [5, 5.41) is 13.1. The van der Waals surface area contributed by atoms with Crippen LogP contribution in [0.15, 0.2) is 41.4 Å². The summed E-state index contributed by atoms with van der Waals surface area (Å²) in [5.74, 6) is -1.81. The molecule has 0 spiro atoms. The molecule has 2 aliphatic heterocycles. The Morgan fingerprint density at radius 3 is 2.64 bits per heavy atom. The van der Waals surface area contributed by atoms with Gasteiger partial charge in [0.1, 0.15) is 17.5 Å². The third kappa shape index (κ3) is 4.94. The molecule has 3 N–H and O–H groups in total. The van der Waals surface area contributed by atoms with Crippen LogP contribution in [0.2, 0.25) is 0 Å². The predicted octanol–water partition coefficient (Wildman–Crippen LogP) is 2.67. The van der Waals surface area contributed by atoms with Crippen LogP contribution in [0.25, 0.3) is 0 Å². The number of amides is 1. The molecule has 2 aliphatic rings. The van der Waals surface area contributed by atoms with Crippen LogP contribution in [-0.4, -0.2) is 59.6 Å². The van der Waals surface area contributed by atoms with E-state index in [0.717, 1.165) is 29.3 Å². The topological polar surface area (TPSA) is 129 Å². The molecule has 36 heavy (non-hydrogen) atoms. The molecular formula is C23H24F2N6O4S. The van der Waals surface area contributed by atoms with Gasteiger partial charge in [0, 0.05) is 62.3 Å². The highest BCUT2D eigenvalue weighted by atomic mass is 32.2. The Hall–Kier alpha value is -3.42. The molecule has 1 amide bonds. The van der Waals surface area contributed by atoms with Crippen LogP contribution in [0.3, 0.4) is 0 Å². The van der Waals surface area contributed by atoms with E-state index >= 15 is 0 Å². The summed E-state index contributed by atoms with van der Waals surface area (Å²) in [4.78, 5) is 17.0. The van der Waals surface area contributed by atoms with E-state index < -0.39 is 32.5 Å². The first-order valence-corrected chi connectivity index (χ1v) is 12.9. The molecule has 3 aromatic rings. The van der Waals surface area contributed by atoms with Crippen molar-refractivity contribution in [1.29, 1.82) is 0 Å². The van der Waals surface area contributed by atoms with Gasteiger partial charge in [-0.1, -0.05) is 0 Å². The van der Waals surface area contributed by atoms with Gasteiger partial charge >= 0.3 is 0 Å². The fourth-order valence-corrected chi connectivity index (χ4v) is 5.77. The number of nitrogens with one attached hydrogen (secondary N) is 3. The van der Waals surface area contributed by atoms with E-state index in [2.05, 4.69) is 25.8 Å². The van der Waals surface area contributed by atoms with Crippen molar-refractivity contribution in [2.75, 3.05) is 30.4 Å². The van der Waals surface area contributed by atoms with Crippen molar-refractivity contribution < 1.29 is 26.7 Å². The van der Waals surface area contributed by atoms with Crippen LogP contribution in [0.5, 0.6) is 0 Å². The number of anilines is 2. The van der Waals surface area contributed by atoms with Crippen LogP contribution in [0, 0.1) is 11.6 Å². The third-order valence-electron chi connectivity index (χ3n) is 6.22. The minimum absolute atomic E-state index is 0.0881. The Kier molecular flexibility index (Phi) is 6.69. The quantitative estimate of drug-likeness (QED) is 0.458. The van der Waals surface area contributed by atoms with Crippen LogP contribution >= 0.6 is 0 Å². The SMILES string of the molecule is O=C(Nc1n[nH]c2c1CN(S(=O)(=O)c1cc(F)cc(F)c1)CC2)c1cccnc1NC1CCOCC1. The van der Waals surface area contributed by atoms with Crippen LogP contribution in [0.4, 0.5) is 20.4 Å². The van der Waals surface area contributed by atoms with Crippen molar-refractivity contribution in [3.05, 3.63) is 65.0 Å². The summed E-state index contributed by atoms with van der Waals surface area (Å²) in [6, 6.07) is 5.59. The lowest BCUT2D eigenvalue weighted by molar-refractivity contribution is 0.0903. The molecule has 0 atom stereocenters. The lowest BCUT2D eigenvalue weighted by atomic mass is 10.1. The van der Waals surface area contributed by atoms with E-state index in [1.165, 1.54) is 0 Å². The number of rotatable bonds is 6. The van der Waals surface area contributed by atoms with E-state index in [-0.39, 0.29) is 24.9 Å². The molecule has 1 aromatic carbocycles. The van der Waals surface area contributed by atoms with E-state index in [4.69, 9.17) is 4.74 Å². The minimum atomic E-state index is -4.18. The van der Waals surface area contributed by atoms with E-state index in [9.17, 15) is 22.0 Å². The molecule has 0 saturated carbocycles. The van der Waals surface area contributed by atoms with Gasteiger partial charge in [-0.2, -0.15) is 9.40 Å². The normalized spacial score (nSPS) is 16.9. The van der Waals surface area contributed by atoms with E-state index in [0.29, 0.717) is 48.3 Å². The first-order valence-electron chi connectivity index (χ1n) is 11.4. The number of fused-ring (bicyclic) bond motifs is 1. The van der Waals surface area contributed by atoms with Crippen molar-refractivity contribution in [2.24, 2.45) is 0 Å². The van der Waals surface area contributed by atoms with Crippen molar-refractivity contribution in [3.8, 4) is 0 Å². The summed E-state index contributed by atoms with van der Waals surface area (Å²) in [5.41, 5.74) is 1.48. The first-order chi connectivity index (χ1) is 17.3. The molecular weight excluding hydrogens is 494 g/mol. The second-order valence-corrected chi connectivity index (χ2v) is 10.5. The van der Waals surface area contributed by atoms with Gasteiger partial charge in [0.2, 0.25) is 10.0 Å². The summed E-state index contributed by atoms with van der Waals surface area (Å²) < 4.78 is 59.9. The van der Waals surface area contributed by atoms with Gasteiger partial charge < -0.3 is 15.4 Å². The molecule has 1 fully saturated rings. The fraction of sp³-hybridized carbons (Fsp3) is 0.348. The second-order valence-electron chi connectivity index (χ2n) is 8.61. The maximum atomic E-state index is 13.7. The predicted molar refractivity (Wildman–Crippen MR) is 126 cm³/mol. The summed E-state index contributed by atoms with van der Waals surface area (Å²) >= 11 is 0. The lowest BCUT2D eigenvalue weighted by Crippen LogP contribution is -2.36. The number of ether oxygens (including phenoxy) is 1. The molecule has 1 saturated heterocycles. The molecule has 2 aromatic heterocycles. The van der Waals surface area contributed by atoms with E-state index in [1.54, 1.807) is 18.3 Å². The first kappa shape index (κ1) is 24.3. The average Bonchev–Trinajstić information content (AvgIpc) is 3.26. The van der Waals surface area contributed by atoms with Gasteiger partial charge in [-0.25, -0.2) is 22.2 Å². The van der Waals surface area contributed by atoms with E-state index in [1.807, 2.05) is 0 Å². The molecule has 0 unspecified atom stereocenters. The van der Waals surface area contributed by atoms with Gasteiger partial charge in [-0.3, -0.25) is 9.89 Å². The number of carbonyl (C=O) groups is 1. The minimum Gasteiger partial charge on any atom is -0.381 e. The highest BCUT2D eigenvalue weighted by Crippen LogP contribution is 2.29. The Labute approximate surface area is 206 Å². The second kappa shape index (κ2) is 9.91. The maximum Gasteiger partial charge on any atom is 0.260 e. The van der Waals surface area contributed by atoms with Gasteiger partial charge in [-0.05, 0) is 37.1 Å². The number of halogens is 2. The number of aromatic amines is 1. The molecule has 190 valence electrons. The Morgan fingerprint density at radius 2 is 1.89 bits per heavy atom. The lowest BCUT2D eigenvalue weighted by Gasteiger charge is -2.26. The van der Waals surface area contributed by atoms with Gasteiger partial charge in [0.05, 0.1) is 10.5 Å². The third-order valence-corrected chi connectivity index (χ3v) is 8.04. The number of hydrogen-bond donors (Lipinski definition) is 3. The Balaban J connectivity index is 1.35. The smallest absolute Gasteiger partial charge is 0.260 e. The zero-order valence-electron chi connectivity index (χ0n) is 19.1. The van der Waals surface area contributed by atoms with Gasteiger partial charge in [0.15, 0.2) is 5.82 Å². The van der Waals surface area contributed by atoms with Crippen molar-refractivity contribution >= 4 is 27.6 Å². The van der Waals surface area contributed by atoms with Crippen LogP contribution in [0.1, 0.15) is 34.5 Å². The van der Waals surface area contributed by atoms with Crippen molar-refractivity contribution in [1.82, 2.24) is 19.5 Å². The molecule has 0 radical (unpaired) electrons. The molecule has 0 bridgehead atoms. The average molecular weight is 519 g/mol. The number of hydrogen-bond acceptors (Lipinski definition) is 7. The highest BCUT2D eigenvalue weighted by Gasteiger charge is 2.32. The Bertz CT molecular complexity index is 1370. The fourth-order valence-electron chi connectivity index (χ4n) is 4.32. The number of sulfonamides is 1. The maximum absolute atomic E-state index is 13.7. The summed E-state index contributed by atoms with van der Waals surface area (Å²) in [6.07, 6.45) is 3.47. The molecule has 5 rings (SSSR count). The number of H-pyrrole nitrogens is 1. The number of benzene rings is 1. The molecule has 4 heterocycles. The number of nitrogens with zero attached hydrogens (tertiary/aromatic N) is 3. The highest BCUT2D eigenvalue weighted by molar-refractivity contribution is 7.89. The van der Waals surface area contributed by atoms with Crippen molar-refractivity contribution in [2.45, 2.75) is 36.7 Å². The van der Waals surface area contributed by atoms with Crippen molar-refractivity contribution in [3.63, 3.8) is 0 Å². The molecule has 0 aliphatic carbocycles. The molecule has 13 heteroatoms. The number of carbonyl (C=O) groups excluding carboxylic acids is 1. The summed E-state index contributed by atoms with van der Waals surface area (Å²) in [7, 11) is -4.18. The Morgan fingerprint density at radius 1 is 1.14 bits per heavy atom. The largest absolute Gasteiger partial charge is 0.381 e. The monoisotopic (exact) mass is 518 g/mol. The molecule has 10 nitrogen and oxygen atoms in total. The summed E-state index contributed by atoms with van der Waals surface area (Å²) in [6.45, 7) is 1.23. The number of pyridine rings is 1. The number of aromatic nitrogens is 3. The van der Waals surface area contributed by atoms with Gasteiger partial charge in [0.25, 0.3) is 5.91 Å². The zero-order valence-corrected chi connectivity index (χ0v) is 19.9. The zero-order chi connectivity index (χ0) is 25.3. The van der Waals surface area contributed by atoms with Crippen LogP contribution in [-0.2, 0) is 27.7 Å².